The zero-order valence-corrected chi connectivity index (χ0v) is 10.7. The molecule has 0 aliphatic rings. The summed E-state index contributed by atoms with van der Waals surface area (Å²) in [7, 11) is 1.46. The van der Waals surface area contributed by atoms with E-state index in [1.807, 2.05) is 6.92 Å². The molecule has 0 fully saturated rings. The third-order valence-corrected chi connectivity index (χ3v) is 2.24. The molecule has 1 rings (SSSR count). The molecule has 0 aliphatic heterocycles. The normalized spacial score (nSPS) is 9.89. The van der Waals surface area contributed by atoms with E-state index in [-0.39, 0.29) is 18.4 Å². The van der Waals surface area contributed by atoms with Crippen LogP contribution in [0.25, 0.3) is 0 Å². The van der Waals surface area contributed by atoms with Crippen molar-refractivity contribution < 1.29 is 14.3 Å². The van der Waals surface area contributed by atoms with Gasteiger partial charge in [0.05, 0.1) is 0 Å². The second-order valence-corrected chi connectivity index (χ2v) is 3.81. The lowest BCUT2D eigenvalue weighted by molar-refractivity contribution is -0.119. The smallest absolute Gasteiger partial charge is 0.251 e. The third-order valence-electron chi connectivity index (χ3n) is 2.24. The van der Waals surface area contributed by atoms with Gasteiger partial charge in [-0.25, -0.2) is 0 Å². The molecule has 0 aromatic heterocycles. The summed E-state index contributed by atoms with van der Waals surface area (Å²) >= 11 is 0. The van der Waals surface area contributed by atoms with Crippen molar-refractivity contribution in [1.82, 2.24) is 5.32 Å². The molecule has 0 saturated heterocycles. The zero-order valence-electron chi connectivity index (χ0n) is 10.7. The summed E-state index contributed by atoms with van der Waals surface area (Å²) in [6, 6.07) is 6.73. The Bertz CT molecular complexity index is 401. The summed E-state index contributed by atoms with van der Waals surface area (Å²) in [5, 5.41) is 5.44. The number of rotatable bonds is 6. The van der Waals surface area contributed by atoms with Crippen molar-refractivity contribution in [3.8, 4) is 0 Å². The summed E-state index contributed by atoms with van der Waals surface area (Å²) in [4.78, 5) is 22.9. The van der Waals surface area contributed by atoms with Crippen LogP contribution in [0.15, 0.2) is 24.3 Å². The molecular weight excluding hydrogens is 232 g/mol. The van der Waals surface area contributed by atoms with Crippen LogP contribution >= 0.6 is 0 Å². The molecule has 1 aromatic carbocycles. The Morgan fingerprint density at radius 1 is 1.22 bits per heavy atom. The average Bonchev–Trinajstić information content (AvgIpc) is 2.37. The van der Waals surface area contributed by atoms with Gasteiger partial charge in [-0.1, -0.05) is 6.92 Å². The van der Waals surface area contributed by atoms with Gasteiger partial charge in [-0.15, -0.1) is 0 Å². The Hall–Kier alpha value is -1.88. The fourth-order valence-corrected chi connectivity index (χ4v) is 1.37. The molecule has 0 aliphatic carbocycles. The number of carbonyl (C=O) groups excluding carboxylic acids is 2. The van der Waals surface area contributed by atoms with Gasteiger partial charge in [-0.05, 0) is 30.7 Å². The number of ether oxygens (including phenoxy) is 1. The van der Waals surface area contributed by atoms with Crippen molar-refractivity contribution in [1.29, 1.82) is 0 Å². The number of nitrogens with one attached hydrogen (secondary N) is 2. The summed E-state index contributed by atoms with van der Waals surface area (Å²) < 4.78 is 4.71. The molecular formula is C13H18N2O3. The van der Waals surface area contributed by atoms with Gasteiger partial charge in [-0.2, -0.15) is 0 Å². The minimum atomic E-state index is -0.222. The van der Waals surface area contributed by atoms with Crippen molar-refractivity contribution in [3.05, 3.63) is 29.8 Å². The van der Waals surface area contributed by atoms with Crippen molar-refractivity contribution >= 4 is 17.5 Å². The number of hydrogen-bond acceptors (Lipinski definition) is 3. The van der Waals surface area contributed by atoms with Crippen molar-refractivity contribution in [2.24, 2.45) is 0 Å². The van der Waals surface area contributed by atoms with Gasteiger partial charge in [0.2, 0.25) is 5.91 Å². The number of benzene rings is 1. The second-order valence-electron chi connectivity index (χ2n) is 3.81. The van der Waals surface area contributed by atoms with Gasteiger partial charge in [0.15, 0.2) is 0 Å². The summed E-state index contributed by atoms with van der Waals surface area (Å²) in [5.41, 5.74) is 1.22. The molecule has 98 valence electrons. The topological polar surface area (TPSA) is 67.4 Å². The van der Waals surface area contributed by atoms with Crippen LogP contribution in [0.4, 0.5) is 5.69 Å². The van der Waals surface area contributed by atoms with Crippen LogP contribution in [0.5, 0.6) is 0 Å². The predicted molar refractivity (Wildman–Crippen MR) is 69.6 cm³/mol. The Kier molecular flexibility index (Phi) is 5.87. The first kappa shape index (κ1) is 14.2. The fourth-order valence-electron chi connectivity index (χ4n) is 1.37. The van der Waals surface area contributed by atoms with Crippen molar-refractivity contribution in [2.45, 2.75) is 13.3 Å². The van der Waals surface area contributed by atoms with E-state index in [1.54, 1.807) is 24.3 Å². The molecule has 0 saturated carbocycles. The van der Waals surface area contributed by atoms with Gasteiger partial charge in [0.25, 0.3) is 5.91 Å². The zero-order chi connectivity index (χ0) is 13.4. The lowest BCUT2D eigenvalue weighted by atomic mass is 10.2. The third kappa shape index (κ3) is 4.55. The van der Waals surface area contributed by atoms with Gasteiger partial charge in [0, 0.05) is 24.9 Å². The molecule has 2 amide bonds. The minimum Gasteiger partial charge on any atom is -0.375 e. The lowest BCUT2D eigenvalue weighted by Gasteiger charge is -2.06. The van der Waals surface area contributed by atoms with Crippen molar-refractivity contribution in [2.75, 3.05) is 25.6 Å². The quantitative estimate of drug-likeness (QED) is 0.802. The second kappa shape index (κ2) is 7.45. The Labute approximate surface area is 107 Å². The number of anilines is 1. The molecule has 2 N–H and O–H groups in total. The molecule has 0 heterocycles. The van der Waals surface area contributed by atoms with Gasteiger partial charge >= 0.3 is 0 Å². The molecule has 1 aromatic rings. The molecule has 0 unspecified atom stereocenters. The van der Waals surface area contributed by atoms with E-state index in [2.05, 4.69) is 10.6 Å². The standard InChI is InChI=1S/C13H18N2O3/c1-3-8-14-13(17)10-4-6-11(7-5-10)15-12(16)9-18-2/h4-7H,3,8-9H2,1-2H3,(H,14,17)(H,15,16). The van der Waals surface area contributed by atoms with Crippen LogP contribution in [0.2, 0.25) is 0 Å². The van der Waals surface area contributed by atoms with E-state index in [1.165, 1.54) is 7.11 Å². The summed E-state index contributed by atoms with van der Waals surface area (Å²) in [6.45, 7) is 2.67. The number of amides is 2. The Morgan fingerprint density at radius 2 is 1.89 bits per heavy atom. The van der Waals surface area contributed by atoms with Gasteiger partial charge in [-0.3, -0.25) is 9.59 Å². The molecule has 0 radical (unpaired) electrons. The van der Waals surface area contributed by atoms with Crippen LogP contribution in [0.3, 0.4) is 0 Å². The van der Waals surface area contributed by atoms with E-state index in [4.69, 9.17) is 4.74 Å². The molecule has 0 spiro atoms. The number of hydrogen-bond donors (Lipinski definition) is 2. The largest absolute Gasteiger partial charge is 0.375 e. The summed E-state index contributed by atoms with van der Waals surface area (Å²) in [6.07, 6.45) is 0.900. The highest BCUT2D eigenvalue weighted by Gasteiger charge is 2.05. The van der Waals surface area contributed by atoms with E-state index in [0.717, 1.165) is 6.42 Å². The predicted octanol–water partition coefficient (Wildman–Crippen LogP) is 1.41. The number of methoxy groups -OCH3 is 1. The fraction of sp³-hybridized carbons (Fsp3) is 0.385. The van der Waals surface area contributed by atoms with Crippen LogP contribution in [0, 0.1) is 0 Å². The van der Waals surface area contributed by atoms with Gasteiger partial charge < -0.3 is 15.4 Å². The van der Waals surface area contributed by atoms with E-state index >= 15 is 0 Å². The first-order valence-electron chi connectivity index (χ1n) is 5.84. The van der Waals surface area contributed by atoms with Crippen molar-refractivity contribution in [3.63, 3.8) is 0 Å². The molecule has 5 heteroatoms. The van der Waals surface area contributed by atoms with Crippen LogP contribution in [0.1, 0.15) is 23.7 Å². The van der Waals surface area contributed by atoms with E-state index < -0.39 is 0 Å². The molecule has 0 atom stereocenters. The number of carbonyl (C=O) groups is 2. The van der Waals surface area contributed by atoms with E-state index in [0.29, 0.717) is 17.8 Å². The van der Waals surface area contributed by atoms with Gasteiger partial charge in [0.1, 0.15) is 6.61 Å². The highest BCUT2D eigenvalue weighted by Crippen LogP contribution is 2.09. The Morgan fingerprint density at radius 3 is 2.44 bits per heavy atom. The summed E-state index contributed by atoms with van der Waals surface area (Å²) in [5.74, 6) is -0.327. The first-order chi connectivity index (χ1) is 8.67. The maximum Gasteiger partial charge on any atom is 0.251 e. The molecule has 18 heavy (non-hydrogen) atoms. The van der Waals surface area contributed by atoms with E-state index in [9.17, 15) is 9.59 Å². The molecule has 5 nitrogen and oxygen atoms in total. The SMILES string of the molecule is CCCNC(=O)c1ccc(NC(=O)COC)cc1. The highest BCUT2D eigenvalue weighted by molar-refractivity contribution is 5.96. The van der Waals surface area contributed by atoms with Crippen LogP contribution < -0.4 is 10.6 Å². The Balaban J connectivity index is 2.57. The lowest BCUT2D eigenvalue weighted by Crippen LogP contribution is -2.24. The molecule has 0 bridgehead atoms. The maximum absolute atomic E-state index is 11.6. The first-order valence-corrected chi connectivity index (χ1v) is 5.84. The minimum absolute atomic E-state index is 0.0126. The highest BCUT2D eigenvalue weighted by atomic mass is 16.5. The monoisotopic (exact) mass is 250 g/mol. The average molecular weight is 250 g/mol. The maximum atomic E-state index is 11.6. The van der Waals surface area contributed by atoms with Crippen LogP contribution in [-0.2, 0) is 9.53 Å². The van der Waals surface area contributed by atoms with Crippen LogP contribution in [-0.4, -0.2) is 32.1 Å².